The molecule has 0 aliphatic rings. The predicted octanol–water partition coefficient (Wildman–Crippen LogP) is 2.98. The average Bonchev–Trinajstić information content (AvgIpc) is 2.20. The largest absolute Gasteiger partial charge is 0.393 e. The van der Waals surface area contributed by atoms with E-state index < -0.39 is 0 Å². The van der Waals surface area contributed by atoms with Gasteiger partial charge in [-0.1, -0.05) is 24.6 Å². The lowest BCUT2D eigenvalue weighted by Crippen LogP contribution is -2.23. The zero-order valence-corrected chi connectivity index (χ0v) is 11.0. The van der Waals surface area contributed by atoms with Crippen molar-refractivity contribution in [3.8, 4) is 0 Å². The Labute approximate surface area is 107 Å². The lowest BCUT2D eigenvalue weighted by atomic mass is 10.0. The molecule has 2 nitrogen and oxygen atoms in total. The fourth-order valence-corrected chi connectivity index (χ4v) is 1.94. The van der Waals surface area contributed by atoms with Crippen molar-refractivity contribution in [1.29, 1.82) is 0 Å². The van der Waals surface area contributed by atoms with Gasteiger partial charge in [0.25, 0.3) is 0 Å². The Balaban J connectivity index is 2.35. The van der Waals surface area contributed by atoms with Crippen LogP contribution in [0.3, 0.4) is 0 Å². The van der Waals surface area contributed by atoms with Crippen LogP contribution < -0.4 is 5.32 Å². The van der Waals surface area contributed by atoms with Crippen LogP contribution in [0.4, 0.5) is 4.39 Å². The van der Waals surface area contributed by atoms with E-state index in [0.29, 0.717) is 23.0 Å². The summed E-state index contributed by atoms with van der Waals surface area (Å²) in [7, 11) is 0. The second kappa shape index (κ2) is 6.94. The monoisotopic (exact) mass is 259 g/mol. The molecule has 0 bridgehead atoms. The number of aliphatic hydroxyl groups is 1. The Bertz CT molecular complexity index is 357. The van der Waals surface area contributed by atoms with Crippen molar-refractivity contribution in [2.45, 2.75) is 32.9 Å². The molecule has 2 atom stereocenters. The van der Waals surface area contributed by atoms with Gasteiger partial charge in [-0.15, -0.1) is 0 Å². The number of benzene rings is 1. The molecule has 1 aromatic carbocycles. The molecule has 1 aromatic rings. The molecular weight excluding hydrogens is 241 g/mol. The van der Waals surface area contributed by atoms with E-state index in [-0.39, 0.29) is 11.9 Å². The van der Waals surface area contributed by atoms with E-state index in [4.69, 9.17) is 11.6 Å². The topological polar surface area (TPSA) is 32.3 Å². The van der Waals surface area contributed by atoms with Crippen molar-refractivity contribution in [2.24, 2.45) is 5.92 Å². The average molecular weight is 260 g/mol. The molecule has 0 fully saturated rings. The summed E-state index contributed by atoms with van der Waals surface area (Å²) < 4.78 is 13.4. The Morgan fingerprint density at radius 2 is 2.12 bits per heavy atom. The maximum Gasteiger partial charge on any atom is 0.129 e. The van der Waals surface area contributed by atoms with Crippen LogP contribution in [0.25, 0.3) is 0 Å². The van der Waals surface area contributed by atoms with Crippen molar-refractivity contribution in [1.82, 2.24) is 5.32 Å². The van der Waals surface area contributed by atoms with Crippen LogP contribution in [0.15, 0.2) is 18.2 Å². The number of hydrogen-bond donors (Lipinski definition) is 2. The molecule has 0 aliphatic heterocycles. The van der Waals surface area contributed by atoms with Gasteiger partial charge in [-0.05, 0) is 37.9 Å². The maximum absolute atomic E-state index is 13.4. The molecule has 0 spiro atoms. The molecule has 17 heavy (non-hydrogen) atoms. The number of rotatable bonds is 6. The van der Waals surface area contributed by atoms with Crippen molar-refractivity contribution in [3.63, 3.8) is 0 Å². The van der Waals surface area contributed by atoms with Crippen molar-refractivity contribution in [3.05, 3.63) is 34.6 Å². The quantitative estimate of drug-likeness (QED) is 0.823. The molecule has 0 saturated carbocycles. The van der Waals surface area contributed by atoms with Gasteiger partial charge in [0.1, 0.15) is 5.82 Å². The van der Waals surface area contributed by atoms with Crippen LogP contribution >= 0.6 is 11.6 Å². The van der Waals surface area contributed by atoms with Crippen molar-refractivity contribution in [2.75, 3.05) is 6.54 Å². The Hall–Kier alpha value is -0.640. The van der Waals surface area contributed by atoms with E-state index in [1.165, 1.54) is 6.07 Å². The second-order valence-corrected chi connectivity index (χ2v) is 4.99. The van der Waals surface area contributed by atoms with Gasteiger partial charge in [-0.3, -0.25) is 0 Å². The molecule has 96 valence electrons. The first-order valence-corrected chi connectivity index (χ1v) is 6.19. The van der Waals surface area contributed by atoms with Crippen LogP contribution in [0, 0.1) is 11.7 Å². The van der Waals surface area contributed by atoms with Gasteiger partial charge in [-0.25, -0.2) is 4.39 Å². The third-order valence-corrected chi connectivity index (χ3v) is 2.80. The van der Waals surface area contributed by atoms with E-state index in [9.17, 15) is 9.50 Å². The molecule has 0 heterocycles. The zero-order valence-electron chi connectivity index (χ0n) is 10.2. The summed E-state index contributed by atoms with van der Waals surface area (Å²) in [6.07, 6.45) is 0.454. The van der Waals surface area contributed by atoms with Gasteiger partial charge in [0.15, 0.2) is 0 Å². The number of nitrogens with one attached hydrogen (secondary N) is 1. The molecule has 2 N–H and O–H groups in total. The van der Waals surface area contributed by atoms with Crippen molar-refractivity contribution >= 4 is 11.6 Å². The Morgan fingerprint density at radius 3 is 2.71 bits per heavy atom. The molecule has 1 rings (SSSR count). The summed E-state index contributed by atoms with van der Waals surface area (Å²) in [5, 5.41) is 12.8. The highest BCUT2D eigenvalue weighted by atomic mass is 35.5. The fraction of sp³-hybridized carbons (Fsp3) is 0.538. The lowest BCUT2D eigenvalue weighted by Gasteiger charge is -2.14. The highest BCUT2D eigenvalue weighted by Gasteiger charge is 2.07. The lowest BCUT2D eigenvalue weighted by molar-refractivity contribution is 0.163. The maximum atomic E-state index is 13.4. The Morgan fingerprint density at radius 1 is 1.41 bits per heavy atom. The minimum atomic E-state index is -0.293. The first-order valence-electron chi connectivity index (χ1n) is 5.81. The van der Waals surface area contributed by atoms with Crippen LogP contribution in [-0.2, 0) is 6.54 Å². The van der Waals surface area contributed by atoms with Gasteiger partial charge < -0.3 is 10.4 Å². The van der Waals surface area contributed by atoms with E-state index in [0.717, 1.165) is 13.0 Å². The highest BCUT2D eigenvalue weighted by Crippen LogP contribution is 2.14. The summed E-state index contributed by atoms with van der Waals surface area (Å²) in [4.78, 5) is 0. The van der Waals surface area contributed by atoms with Crippen LogP contribution in [0.2, 0.25) is 5.02 Å². The minimum absolute atomic E-state index is 0.284. The highest BCUT2D eigenvalue weighted by molar-refractivity contribution is 6.30. The van der Waals surface area contributed by atoms with Crippen LogP contribution in [-0.4, -0.2) is 17.8 Å². The predicted molar refractivity (Wildman–Crippen MR) is 68.6 cm³/mol. The standard InChI is InChI=1S/C13H19ClFNO/c1-9(5-10(2)17)7-16-8-11-3-4-12(14)6-13(11)15/h3-4,6,9-10,16-17H,5,7-8H2,1-2H3/t9-,10-/m1/s1. The summed E-state index contributed by atoms with van der Waals surface area (Å²) >= 11 is 5.67. The smallest absolute Gasteiger partial charge is 0.129 e. The summed E-state index contributed by atoms with van der Waals surface area (Å²) in [5.41, 5.74) is 0.610. The molecule has 0 radical (unpaired) electrons. The van der Waals surface area contributed by atoms with E-state index >= 15 is 0 Å². The molecule has 0 aliphatic carbocycles. The first-order chi connectivity index (χ1) is 7.99. The fourth-order valence-electron chi connectivity index (χ4n) is 1.78. The van der Waals surface area contributed by atoms with Gasteiger partial charge in [0.2, 0.25) is 0 Å². The summed E-state index contributed by atoms with van der Waals surface area (Å²) in [6.45, 7) is 5.06. The molecule has 0 aromatic heterocycles. The zero-order chi connectivity index (χ0) is 12.8. The molecular formula is C13H19ClFNO. The summed E-state index contributed by atoms with van der Waals surface area (Å²) in [5.74, 6) is 0.0820. The number of hydrogen-bond acceptors (Lipinski definition) is 2. The van der Waals surface area contributed by atoms with E-state index in [1.54, 1.807) is 19.1 Å². The first kappa shape index (κ1) is 14.4. The van der Waals surface area contributed by atoms with Crippen molar-refractivity contribution < 1.29 is 9.50 Å². The van der Waals surface area contributed by atoms with E-state index in [1.807, 2.05) is 0 Å². The normalized spacial score (nSPS) is 14.6. The third kappa shape index (κ3) is 5.48. The molecule has 0 unspecified atom stereocenters. The third-order valence-electron chi connectivity index (χ3n) is 2.57. The van der Waals surface area contributed by atoms with Gasteiger partial charge in [-0.2, -0.15) is 0 Å². The minimum Gasteiger partial charge on any atom is -0.393 e. The van der Waals surface area contributed by atoms with E-state index in [2.05, 4.69) is 12.2 Å². The van der Waals surface area contributed by atoms with Crippen LogP contribution in [0.1, 0.15) is 25.8 Å². The molecule has 0 amide bonds. The van der Waals surface area contributed by atoms with Gasteiger partial charge in [0.05, 0.1) is 6.10 Å². The SMILES string of the molecule is C[C@@H](CNCc1ccc(Cl)cc1F)C[C@@H](C)O. The molecule has 0 saturated heterocycles. The second-order valence-electron chi connectivity index (χ2n) is 4.56. The molecule has 4 heteroatoms. The number of aliphatic hydroxyl groups excluding tert-OH is 1. The number of halogens is 2. The summed E-state index contributed by atoms with van der Waals surface area (Å²) in [6, 6.07) is 4.68. The Kier molecular flexibility index (Phi) is 5.89. The van der Waals surface area contributed by atoms with Gasteiger partial charge >= 0.3 is 0 Å². The van der Waals surface area contributed by atoms with Crippen LogP contribution in [0.5, 0.6) is 0 Å². The van der Waals surface area contributed by atoms with Gasteiger partial charge in [0, 0.05) is 17.1 Å².